The molecule has 0 bridgehead atoms. The first kappa shape index (κ1) is 13.5. The quantitative estimate of drug-likeness (QED) is 0.624. The number of pyridine rings is 1. The second kappa shape index (κ2) is 6.93. The van der Waals surface area contributed by atoms with Crippen molar-refractivity contribution in [2.45, 2.75) is 33.7 Å². The van der Waals surface area contributed by atoms with E-state index in [1.165, 1.54) is 0 Å². The van der Waals surface area contributed by atoms with Crippen molar-refractivity contribution in [1.29, 1.82) is 0 Å². The van der Waals surface area contributed by atoms with Gasteiger partial charge in [0, 0.05) is 36.8 Å². The molecule has 0 aromatic carbocycles. The largest absolute Gasteiger partial charge is 0.496 e. The van der Waals surface area contributed by atoms with Crippen LogP contribution in [0.25, 0.3) is 0 Å². The van der Waals surface area contributed by atoms with Crippen molar-refractivity contribution in [3.63, 3.8) is 0 Å². The van der Waals surface area contributed by atoms with Gasteiger partial charge in [0.05, 0.1) is 12.8 Å². The van der Waals surface area contributed by atoms with Crippen molar-refractivity contribution in [3.05, 3.63) is 23.0 Å². The molecular formula is C14H20N2O. The van der Waals surface area contributed by atoms with E-state index in [9.17, 15) is 0 Å². The van der Waals surface area contributed by atoms with Gasteiger partial charge in [0.15, 0.2) is 0 Å². The Balaban J connectivity index is 2.61. The molecule has 3 heteroatoms. The number of nitrogens with one attached hydrogen (secondary N) is 1. The molecule has 0 saturated heterocycles. The van der Waals surface area contributed by atoms with Crippen LogP contribution >= 0.6 is 0 Å². The highest BCUT2D eigenvalue weighted by Gasteiger charge is 2.08. The summed E-state index contributed by atoms with van der Waals surface area (Å²) in [7, 11) is 1.70. The lowest BCUT2D eigenvalue weighted by molar-refractivity contribution is 0.406. The van der Waals surface area contributed by atoms with Gasteiger partial charge in [0.25, 0.3) is 0 Å². The predicted octanol–water partition coefficient (Wildman–Crippen LogP) is 2.21. The second-order valence-corrected chi connectivity index (χ2v) is 3.90. The third-order valence-electron chi connectivity index (χ3n) is 2.65. The molecule has 1 heterocycles. The molecule has 0 saturated carbocycles. The average Bonchev–Trinajstić information content (AvgIpc) is 2.32. The summed E-state index contributed by atoms with van der Waals surface area (Å²) < 4.78 is 5.37. The monoisotopic (exact) mass is 232 g/mol. The van der Waals surface area contributed by atoms with Crippen LogP contribution in [0, 0.1) is 25.7 Å². The highest BCUT2D eigenvalue weighted by Crippen LogP contribution is 2.23. The average molecular weight is 232 g/mol. The molecule has 0 spiro atoms. The van der Waals surface area contributed by atoms with E-state index in [0.717, 1.165) is 42.1 Å². The lowest BCUT2D eigenvalue weighted by atomic mass is 10.1. The van der Waals surface area contributed by atoms with Crippen molar-refractivity contribution < 1.29 is 4.74 Å². The standard InChI is InChI=1S/C14H20N2O/c1-5-6-7-8-15-10-13-12(3)14(17-4)11(2)9-16-13/h9,15H,7-8,10H2,1-4H3. The molecule has 92 valence electrons. The summed E-state index contributed by atoms with van der Waals surface area (Å²) in [6.07, 6.45) is 2.73. The van der Waals surface area contributed by atoms with Gasteiger partial charge in [-0.15, -0.1) is 11.8 Å². The summed E-state index contributed by atoms with van der Waals surface area (Å²) in [6, 6.07) is 0. The SMILES string of the molecule is CC#CCCNCc1ncc(C)c(OC)c1C. The lowest BCUT2D eigenvalue weighted by Gasteiger charge is -2.12. The maximum atomic E-state index is 5.37. The molecular weight excluding hydrogens is 212 g/mol. The van der Waals surface area contributed by atoms with Crippen LogP contribution in [-0.2, 0) is 6.54 Å². The molecule has 0 aliphatic carbocycles. The molecule has 17 heavy (non-hydrogen) atoms. The van der Waals surface area contributed by atoms with Crippen molar-refractivity contribution in [1.82, 2.24) is 10.3 Å². The summed E-state index contributed by atoms with van der Waals surface area (Å²) in [6.45, 7) is 7.55. The third-order valence-corrected chi connectivity index (χ3v) is 2.65. The van der Waals surface area contributed by atoms with Crippen molar-refractivity contribution in [2.75, 3.05) is 13.7 Å². The van der Waals surface area contributed by atoms with Gasteiger partial charge in [-0.05, 0) is 20.8 Å². The molecule has 0 atom stereocenters. The van der Waals surface area contributed by atoms with E-state index >= 15 is 0 Å². The van der Waals surface area contributed by atoms with Crippen LogP contribution in [0.5, 0.6) is 5.75 Å². The van der Waals surface area contributed by atoms with E-state index in [-0.39, 0.29) is 0 Å². The Hall–Kier alpha value is -1.53. The zero-order valence-corrected chi connectivity index (χ0v) is 11.1. The fourth-order valence-corrected chi connectivity index (χ4v) is 1.73. The van der Waals surface area contributed by atoms with Crippen LogP contribution in [0.1, 0.15) is 30.2 Å². The molecule has 0 aliphatic rings. The molecule has 0 aliphatic heterocycles. The molecule has 1 N–H and O–H groups in total. The van der Waals surface area contributed by atoms with E-state index in [0.29, 0.717) is 0 Å². The van der Waals surface area contributed by atoms with Crippen LogP contribution in [0.3, 0.4) is 0 Å². The van der Waals surface area contributed by atoms with Crippen molar-refractivity contribution in [2.24, 2.45) is 0 Å². The summed E-state index contributed by atoms with van der Waals surface area (Å²) in [5.74, 6) is 6.84. The minimum Gasteiger partial charge on any atom is -0.496 e. The Morgan fingerprint density at radius 1 is 1.41 bits per heavy atom. The Kier molecular flexibility index (Phi) is 5.51. The van der Waals surface area contributed by atoms with Gasteiger partial charge in [0.1, 0.15) is 5.75 Å². The number of nitrogens with zero attached hydrogens (tertiary/aromatic N) is 1. The first-order chi connectivity index (χ1) is 8.20. The zero-order valence-electron chi connectivity index (χ0n) is 11.1. The second-order valence-electron chi connectivity index (χ2n) is 3.90. The molecule has 0 radical (unpaired) electrons. The maximum absolute atomic E-state index is 5.37. The van der Waals surface area contributed by atoms with E-state index in [1.807, 2.05) is 27.0 Å². The van der Waals surface area contributed by atoms with Gasteiger partial charge in [0.2, 0.25) is 0 Å². The summed E-state index contributed by atoms with van der Waals surface area (Å²) in [5, 5.41) is 3.33. The van der Waals surface area contributed by atoms with E-state index in [1.54, 1.807) is 7.11 Å². The minimum atomic E-state index is 0.758. The summed E-state index contributed by atoms with van der Waals surface area (Å²) in [5.41, 5.74) is 3.23. The number of methoxy groups -OCH3 is 1. The molecule has 1 aromatic heterocycles. The van der Waals surface area contributed by atoms with Crippen LogP contribution < -0.4 is 10.1 Å². The number of rotatable bonds is 5. The van der Waals surface area contributed by atoms with E-state index in [2.05, 4.69) is 22.1 Å². The zero-order chi connectivity index (χ0) is 12.7. The Morgan fingerprint density at radius 3 is 2.82 bits per heavy atom. The van der Waals surface area contributed by atoms with Crippen LogP contribution in [0.4, 0.5) is 0 Å². The molecule has 1 rings (SSSR count). The fraction of sp³-hybridized carbons (Fsp3) is 0.500. The third kappa shape index (κ3) is 3.76. The Morgan fingerprint density at radius 2 is 2.18 bits per heavy atom. The number of aromatic nitrogens is 1. The highest BCUT2D eigenvalue weighted by molar-refractivity contribution is 5.40. The van der Waals surface area contributed by atoms with Crippen LogP contribution in [0.2, 0.25) is 0 Å². The van der Waals surface area contributed by atoms with Gasteiger partial charge in [-0.25, -0.2) is 0 Å². The minimum absolute atomic E-state index is 0.758. The Labute approximate surface area is 104 Å². The van der Waals surface area contributed by atoms with E-state index in [4.69, 9.17) is 4.74 Å². The van der Waals surface area contributed by atoms with Crippen LogP contribution in [-0.4, -0.2) is 18.6 Å². The molecule has 0 unspecified atom stereocenters. The van der Waals surface area contributed by atoms with E-state index < -0.39 is 0 Å². The molecule has 0 fully saturated rings. The van der Waals surface area contributed by atoms with Gasteiger partial charge < -0.3 is 10.1 Å². The summed E-state index contributed by atoms with van der Waals surface area (Å²) in [4.78, 5) is 4.43. The van der Waals surface area contributed by atoms with Gasteiger partial charge in [-0.2, -0.15) is 0 Å². The number of ether oxygens (including phenoxy) is 1. The van der Waals surface area contributed by atoms with Crippen molar-refractivity contribution in [3.8, 4) is 17.6 Å². The number of hydrogen-bond donors (Lipinski definition) is 1. The normalized spacial score (nSPS) is 9.65. The predicted molar refractivity (Wildman–Crippen MR) is 70.0 cm³/mol. The number of hydrogen-bond acceptors (Lipinski definition) is 3. The molecule has 3 nitrogen and oxygen atoms in total. The van der Waals surface area contributed by atoms with Crippen molar-refractivity contribution >= 4 is 0 Å². The van der Waals surface area contributed by atoms with Gasteiger partial charge in [-0.3, -0.25) is 4.98 Å². The first-order valence-corrected chi connectivity index (χ1v) is 5.80. The molecule has 0 amide bonds. The highest BCUT2D eigenvalue weighted by atomic mass is 16.5. The topological polar surface area (TPSA) is 34.2 Å². The maximum Gasteiger partial charge on any atom is 0.128 e. The Bertz CT molecular complexity index is 430. The van der Waals surface area contributed by atoms with Gasteiger partial charge >= 0.3 is 0 Å². The smallest absolute Gasteiger partial charge is 0.128 e. The summed E-state index contributed by atoms with van der Waals surface area (Å²) >= 11 is 0. The lowest BCUT2D eigenvalue weighted by Crippen LogP contribution is -2.16. The van der Waals surface area contributed by atoms with Crippen LogP contribution in [0.15, 0.2) is 6.20 Å². The van der Waals surface area contributed by atoms with Gasteiger partial charge in [-0.1, -0.05) is 0 Å². The molecule has 1 aromatic rings. The fourth-order valence-electron chi connectivity index (χ4n) is 1.73. The first-order valence-electron chi connectivity index (χ1n) is 5.80. The number of aryl methyl sites for hydroxylation is 1.